The van der Waals surface area contributed by atoms with Crippen LogP contribution < -0.4 is 10.1 Å². The molecule has 0 spiro atoms. The zero-order chi connectivity index (χ0) is 28.3. The first kappa shape index (κ1) is 28.3. The number of hydrogen-bond acceptors (Lipinski definition) is 7. The number of azo groups is 1. The van der Waals surface area contributed by atoms with Crippen molar-refractivity contribution < 1.29 is 27.6 Å². The molecule has 0 aliphatic carbocycles. The fraction of sp³-hybridized carbons (Fsp3) is 0.148. The molecule has 12 heteroatoms. The normalized spacial score (nSPS) is 11.7. The number of fused-ring (bicyclic) bond motifs is 1. The van der Waals surface area contributed by atoms with E-state index in [4.69, 9.17) is 27.9 Å². The number of amides is 1. The number of aryl methyl sites for hydroxylation is 1. The van der Waals surface area contributed by atoms with Crippen molar-refractivity contribution in [2.75, 3.05) is 11.9 Å². The standard InChI is InChI=1S/C27H23Cl2N3O6S/c1-3-15-11-18(29)14-23(39(35,36)37)24(15)31-32-25-19-8-6-5-7-16(19)12-20(26(25)33)27(34)30-21-10-9-17(28)13-22(21)38-4-2/h5-14,33H,3-4H2,1-2H3,(H,30,34)(H,35,36,37). The van der Waals surface area contributed by atoms with E-state index in [1.807, 2.05) is 0 Å². The maximum absolute atomic E-state index is 13.3. The number of benzene rings is 4. The lowest BCUT2D eigenvalue weighted by molar-refractivity contribution is 0.102. The summed E-state index contributed by atoms with van der Waals surface area (Å²) >= 11 is 12.1. The second kappa shape index (κ2) is 11.6. The van der Waals surface area contributed by atoms with Crippen LogP contribution in [0.1, 0.15) is 29.8 Å². The highest BCUT2D eigenvalue weighted by Crippen LogP contribution is 2.41. The Hall–Kier alpha value is -3.70. The minimum absolute atomic E-state index is 0.0716. The summed E-state index contributed by atoms with van der Waals surface area (Å²) in [5.74, 6) is -0.786. The van der Waals surface area contributed by atoms with Crippen LogP contribution in [-0.2, 0) is 16.5 Å². The number of nitrogens with one attached hydrogen (secondary N) is 1. The molecule has 0 heterocycles. The van der Waals surface area contributed by atoms with Gasteiger partial charge in [0.2, 0.25) is 0 Å². The van der Waals surface area contributed by atoms with Gasteiger partial charge in [-0.25, -0.2) is 0 Å². The monoisotopic (exact) mass is 587 g/mol. The van der Waals surface area contributed by atoms with Crippen LogP contribution in [0.5, 0.6) is 11.5 Å². The second-order valence-corrected chi connectivity index (χ2v) is 10.6. The highest BCUT2D eigenvalue weighted by molar-refractivity contribution is 7.86. The lowest BCUT2D eigenvalue weighted by Gasteiger charge is -2.14. The van der Waals surface area contributed by atoms with Gasteiger partial charge in [-0.15, -0.1) is 10.2 Å². The summed E-state index contributed by atoms with van der Waals surface area (Å²) in [6, 6.07) is 15.7. The predicted octanol–water partition coefficient (Wildman–Crippen LogP) is 7.73. The summed E-state index contributed by atoms with van der Waals surface area (Å²) in [5.41, 5.74) is 0.432. The van der Waals surface area contributed by atoms with Gasteiger partial charge >= 0.3 is 0 Å². The third kappa shape index (κ3) is 6.15. The number of halogens is 2. The van der Waals surface area contributed by atoms with Gasteiger partial charge in [0.25, 0.3) is 16.0 Å². The molecule has 1 amide bonds. The van der Waals surface area contributed by atoms with E-state index in [0.29, 0.717) is 45.8 Å². The predicted molar refractivity (Wildman–Crippen MR) is 151 cm³/mol. The third-order valence-electron chi connectivity index (χ3n) is 5.76. The number of hydrogen-bond donors (Lipinski definition) is 3. The topological polar surface area (TPSA) is 138 Å². The average molecular weight is 588 g/mol. The number of aromatic hydroxyl groups is 1. The highest BCUT2D eigenvalue weighted by Gasteiger charge is 2.22. The van der Waals surface area contributed by atoms with Crippen LogP contribution >= 0.6 is 23.2 Å². The molecular formula is C27H23Cl2N3O6S. The summed E-state index contributed by atoms with van der Waals surface area (Å²) in [6.45, 7) is 3.88. The molecule has 0 atom stereocenters. The molecule has 202 valence electrons. The number of rotatable bonds is 8. The van der Waals surface area contributed by atoms with Crippen LogP contribution in [0.2, 0.25) is 10.0 Å². The van der Waals surface area contributed by atoms with E-state index in [-0.39, 0.29) is 22.0 Å². The maximum atomic E-state index is 13.3. The smallest absolute Gasteiger partial charge is 0.296 e. The van der Waals surface area contributed by atoms with E-state index in [9.17, 15) is 22.9 Å². The van der Waals surface area contributed by atoms with Crippen molar-refractivity contribution >= 4 is 67.1 Å². The van der Waals surface area contributed by atoms with Gasteiger partial charge in [-0.05, 0) is 54.6 Å². The average Bonchev–Trinajstić information content (AvgIpc) is 2.89. The van der Waals surface area contributed by atoms with E-state index in [0.717, 1.165) is 6.07 Å². The molecule has 4 aromatic carbocycles. The Balaban J connectivity index is 1.85. The van der Waals surface area contributed by atoms with Gasteiger partial charge in [0, 0.05) is 21.5 Å². The molecular weight excluding hydrogens is 565 g/mol. The first-order chi connectivity index (χ1) is 18.5. The van der Waals surface area contributed by atoms with Gasteiger partial charge in [0.1, 0.15) is 22.0 Å². The highest BCUT2D eigenvalue weighted by atomic mass is 35.5. The number of anilines is 1. The summed E-state index contributed by atoms with van der Waals surface area (Å²) in [5, 5.41) is 23.7. The third-order valence-corrected chi connectivity index (χ3v) is 7.08. The Kier molecular flexibility index (Phi) is 8.41. The summed E-state index contributed by atoms with van der Waals surface area (Å²) in [7, 11) is -4.70. The molecule has 3 N–H and O–H groups in total. The Morgan fingerprint density at radius 3 is 2.38 bits per heavy atom. The van der Waals surface area contributed by atoms with Crippen LogP contribution in [0, 0.1) is 0 Å². The molecule has 0 aliphatic heterocycles. The van der Waals surface area contributed by atoms with Crippen molar-refractivity contribution in [2.45, 2.75) is 25.2 Å². The number of carbonyl (C=O) groups is 1. The Morgan fingerprint density at radius 2 is 1.69 bits per heavy atom. The summed E-state index contributed by atoms with van der Waals surface area (Å²) in [6.07, 6.45) is 0.329. The molecule has 9 nitrogen and oxygen atoms in total. The van der Waals surface area contributed by atoms with Crippen LogP contribution in [0.25, 0.3) is 10.8 Å². The van der Waals surface area contributed by atoms with Crippen LogP contribution in [-0.4, -0.2) is 30.6 Å². The van der Waals surface area contributed by atoms with Crippen molar-refractivity contribution in [3.8, 4) is 11.5 Å². The number of nitrogens with zero attached hydrogens (tertiary/aromatic N) is 2. The lowest BCUT2D eigenvalue weighted by atomic mass is 10.0. The van der Waals surface area contributed by atoms with E-state index in [1.165, 1.54) is 12.1 Å². The van der Waals surface area contributed by atoms with Gasteiger partial charge in [-0.1, -0.05) is 54.4 Å². The Labute approximate surface area is 234 Å². The van der Waals surface area contributed by atoms with E-state index >= 15 is 0 Å². The number of ether oxygens (including phenoxy) is 1. The van der Waals surface area contributed by atoms with Crippen LogP contribution in [0.15, 0.2) is 75.8 Å². The van der Waals surface area contributed by atoms with E-state index < -0.39 is 26.7 Å². The first-order valence-corrected chi connectivity index (χ1v) is 13.9. The van der Waals surface area contributed by atoms with E-state index in [2.05, 4.69) is 15.5 Å². The lowest BCUT2D eigenvalue weighted by Crippen LogP contribution is -2.13. The van der Waals surface area contributed by atoms with Gasteiger partial charge in [0.15, 0.2) is 5.75 Å². The number of carbonyl (C=O) groups excluding carboxylic acids is 1. The van der Waals surface area contributed by atoms with Gasteiger partial charge < -0.3 is 15.2 Å². The molecule has 0 aromatic heterocycles. The van der Waals surface area contributed by atoms with Crippen molar-refractivity contribution in [1.82, 2.24) is 0 Å². The quantitative estimate of drug-likeness (QED) is 0.142. The SMILES string of the molecule is CCOc1cc(Cl)ccc1NC(=O)c1cc2ccccc2c(N=Nc2c(CC)cc(Cl)cc2S(=O)(=O)O)c1O. The summed E-state index contributed by atoms with van der Waals surface area (Å²) in [4.78, 5) is 12.8. The molecule has 0 bridgehead atoms. The van der Waals surface area contributed by atoms with Crippen LogP contribution in [0.3, 0.4) is 0 Å². The first-order valence-electron chi connectivity index (χ1n) is 11.7. The van der Waals surface area contributed by atoms with Crippen molar-refractivity contribution in [3.05, 3.63) is 81.8 Å². The molecule has 39 heavy (non-hydrogen) atoms. The molecule has 0 radical (unpaired) electrons. The van der Waals surface area contributed by atoms with Gasteiger partial charge in [-0.2, -0.15) is 8.42 Å². The van der Waals surface area contributed by atoms with E-state index in [1.54, 1.807) is 56.3 Å². The molecule has 0 saturated carbocycles. The summed E-state index contributed by atoms with van der Waals surface area (Å²) < 4.78 is 39.4. The minimum atomic E-state index is -4.70. The van der Waals surface area contributed by atoms with Crippen molar-refractivity contribution in [2.24, 2.45) is 10.2 Å². The zero-order valence-electron chi connectivity index (χ0n) is 20.8. The van der Waals surface area contributed by atoms with Crippen molar-refractivity contribution in [1.29, 1.82) is 0 Å². The fourth-order valence-electron chi connectivity index (χ4n) is 3.96. The number of phenolic OH excluding ortho intramolecular Hbond substituents is 1. The molecule has 0 aliphatic rings. The Morgan fingerprint density at radius 1 is 0.974 bits per heavy atom. The van der Waals surface area contributed by atoms with Gasteiger partial charge in [0.05, 0.1) is 17.9 Å². The molecule has 0 saturated heterocycles. The van der Waals surface area contributed by atoms with Gasteiger partial charge in [-0.3, -0.25) is 9.35 Å². The Bertz CT molecular complexity index is 1720. The van der Waals surface area contributed by atoms with Crippen LogP contribution in [0.4, 0.5) is 17.1 Å². The number of phenols is 1. The van der Waals surface area contributed by atoms with Crippen molar-refractivity contribution in [3.63, 3.8) is 0 Å². The minimum Gasteiger partial charge on any atom is -0.505 e. The molecule has 0 fully saturated rings. The zero-order valence-corrected chi connectivity index (χ0v) is 23.1. The second-order valence-electron chi connectivity index (χ2n) is 8.31. The molecule has 0 unspecified atom stereocenters. The molecule has 4 aromatic rings. The fourth-order valence-corrected chi connectivity index (χ4v) is 5.12. The maximum Gasteiger partial charge on any atom is 0.296 e. The molecule has 4 rings (SSSR count). The largest absolute Gasteiger partial charge is 0.505 e.